The highest BCUT2D eigenvalue weighted by Gasteiger charge is 2.54. The average Bonchev–Trinajstić information content (AvgIpc) is 3.46. The van der Waals surface area contributed by atoms with Crippen LogP contribution in [-0.2, 0) is 6.61 Å². The van der Waals surface area contributed by atoms with Crippen molar-refractivity contribution in [1.29, 1.82) is 0 Å². The third kappa shape index (κ3) is 3.55. The maximum Gasteiger partial charge on any atom is 0.269 e. The summed E-state index contributed by atoms with van der Waals surface area (Å²) in [5.74, 6) is 2.97. The largest absolute Gasteiger partial charge is 0.489 e. The van der Waals surface area contributed by atoms with Gasteiger partial charge in [-0.1, -0.05) is 41.9 Å². The number of hydrogen-bond acceptors (Lipinski definition) is 4. The smallest absolute Gasteiger partial charge is 0.269 e. The first-order valence-corrected chi connectivity index (χ1v) is 12.0. The van der Waals surface area contributed by atoms with E-state index in [2.05, 4.69) is 17.4 Å². The summed E-state index contributed by atoms with van der Waals surface area (Å²) >= 11 is 6.24. The van der Waals surface area contributed by atoms with Crippen LogP contribution in [-0.4, -0.2) is 4.92 Å². The fraction of sp³-hybridized carbons (Fsp3) is 0.333. The number of fused-ring (bicyclic) bond motifs is 7. The molecule has 3 aromatic rings. The van der Waals surface area contributed by atoms with Gasteiger partial charge in [-0.15, -0.1) is 0 Å². The highest BCUT2D eigenvalue weighted by molar-refractivity contribution is 6.31. The van der Waals surface area contributed by atoms with E-state index in [1.807, 2.05) is 48.5 Å². The van der Waals surface area contributed by atoms with Gasteiger partial charge in [-0.3, -0.25) is 10.1 Å². The highest BCUT2D eigenvalue weighted by Crippen LogP contribution is 2.63. The van der Waals surface area contributed by atoms with E-state index in [0.29, 0.717) is 35.3 Å². The van der Waals surface area contributed by atoms with Crippen LogP contribution in [0.4, 0.5) is 11.4 Å². The Morgan fingerprint density at radius 3 is 2.61 bits per heavy atom. The Morgan fingerprint density at radius 1 is 1.03 bits per heavy atom. The second-order valence-corrected chi connectivity index (χ2v) is 9.94. The van der Waals surface area contributed by atoms with Gasteiger partial charge in [0.25, 0.3) is 5.69 Å². The topological polar surface area (TPSA) is 64.4 Å². The fourth-order valence-electron chi connectivity index (χ4n) is 6.46. The predicted molar refractivity (Wildman–Crippen MR) is 129 cm³/mol. The van der Waals surface area contributed by atoms with Gasteiger partial charge >= 0.3 is 0 Å². The van der Waals surface area contributed by atoms with Crippen LogP contribution in [0.2, 0.25) is 5.02 Å². The van der Waals surface area contributed by atoms with E-state index in [1.54, 1.807) is 6.07 Å². The van der Waals surface area contributed by atoms with E-state index in [0.717, 1.165) is 22.6 Å². The van der Waals surface area contributed by atoms with Gasteiger partial charge in [-0.25, -0.2) is 0 Å². The van der Waals surface area contributed by atoms with E-state index in [1.165, 1.54) is 24.8 Å². The summed E-state index contributed by atoms with van der Waals surface area (Å²) in [6.45, 7) is 0.432. The molecule has 33 heavy (non-hydrogen) atoms. The van der Waals surface area contributed by atoms with Gasteiger partial charge in [0.05, 0.1) is 11.0 Å². The Morgan fingerprint density at radius 2 is 1.82 bits per heavy atom. The van der Waals surface area contributed by atoms with Crippen molar-refractivity contribution >= 4 is 23.0 Å². The fourth-order valence-corrected chi connectivity index (χ4v) is 6.66. The molecular weight excluding hydrogens is 436 g/mol. The molecule has 6 rings (SSSR count). The zero-order valence-corrected chi connectivity index (χ0v) is 18.9. The van der Waals surface area contributed by atoms with Crippen LogP contribution in [0.25, 0.3) is 0 Å². The predicted octanol–water partition coefficient (Wildman–Crippen LogP) is 7.12. The summed E-state index contributed by atoms with van der Waals surface area (Å²) in [4.78, 5) is 11.1. The molecule has 0 amide bonds. The number of nitro groups is 1. The molecule has 0 saturated heterocycles. The van der Waals surface area contributed by atoms with Crippen molar-refractivity contribution in [2.45, 2.75) is 37.8 Å². The second-order valence-electron chi connectivity index (χ2n) is 9.54. The molecule has 168 valence electrons. The average molecular weight is 461 g/mol. The van der Waals surface area contributed by atoms with Crippen LogP contribution in [0, 0.1) is 27.9 Å². The van der Waals surface area contributed by atoms with Gasteiger partial charge in [0, 0.05) is 28.4 Å². The summed E-state index contributed by atoms with van der Waals surface area (Å²) in [6, 6.07) is 21.6. The zero-order valence-electron chi connectivity index (χ0n) is 18.1. The van der Waals surface area contributed by atoms with Gasteiger partial charge in [0.2, 0.25) is 0 Å². The summed E-state index contributed by atoms with van der Waals surface area (Å²) in [5.41, 5.74) is 4.57. The molecule has 1 N–H and O–H groups in total. The van der Waals surface area contributed by atoms with Gasteiger partial charge in [-0.05, 0) is 78.3 Å². The van der Waals surface area contributed by atoms with Gasteiger partial charge in [-0.2, -0.15) is 0 Å². The van der Waals surface area contributed by atoms with Crippen molar-refractivity contribution in [3.63, 3.8) is 0 Å². The first-order chi connectivity index (χ1) is 16.1. The van der Waals surface area contributed by atoms with E-state index in [4.69, 9.17) is 16.3 Å². The number of benzene rings is 3. The zero-order chi connectivity index (χ0) is 22.5. The number of hydrogen-bond donors (Lipinski definition) is 1. The Kier molecular flexibility index (Phi) is 5.02. The summed E-state index contributed by atoms with van der Waals surface area (Å²) in [5, 5.41) is 15.8. The molecule has 0 unspecified atom stereocenters. The van der Waals surface area contributed by atoms with Crippen LogP contribution in [0.3, 0.4) is 0 Å². The van der Waals surface area contributed by atoms with Crippen molar-refractivity contribution in [3.05, 3.63) is 98.6 Å². The molecule has 0 spiro atoms. The van der Waals surface area contributed by atoms with Crippen LogP contribution in [0.1, 0.15) is 47.9 Å². The minimum Gasteiger partial charge on any atom is -0.489 e. The van der Waals surface area contributed by atoms with Crippen molar-refractivity contribution in [2.24, 2.45) is 17.8 Å². The van der Waals surface area contributed by atoms with E-state index >= 15 is 0 Å². The molecule has 0 radical (unpaired) electrons. The SMILES string of the molecule is O=[N+]([O-])c1ccc2c(c1)[C@H]1[C@H]3CC[C@H](C3)[C@@H]1[C@H](c1ccc(OCc3ccccc3Cl)cc1)N2. The van der Waals surface area contributed by atoms with Crippen molar-refractivity contribution < 1.29 is 9.66 Å². The number of ether oxygens (including phenoxy) is 1. The maximum absolute atomic E-state index is 11.4. The normalized spacial score (nSPS) is 26.9. The number of anilines is 1. The third-order valence-electron chi connectivity index (χ3n) is 7.87. The molecule has 6 heteroatoms. The number of nitro benzene ring substituents is 1. The first-order valence-electron chi connectivity index (χ1n) is 11.6. The Labute approximate surface area is 197 Å². The molecule has 1 aliphatic heterocycles. The van der Waals surface area contributed by atoms with Crippen molar-refractivity contribution in [3.8, 4) is 5.75 Å². The molecule has 2 saturated carbocycles. The van der Waals surface area contributed by atoms with Gasteiger partial charge in [0.15, 0.2) is 0 Å². The monoisotopic (exact) mass is 460 g/mol. The van der Waals surface area contributed by atoms with Crippen LogP contribution < -0.4 is 10.1 Å². The van der Waals surface area contributed by atoms with Crippen molar-refractivity contribution in [2.75, 3.05) is 5.32 Å². The second kappa shape index (κ2) is 8.07. The molecule has 2 aliphatic carbocycles. The third-order valence-corrected chi connectivity index (χ3v) is 8.24. The maximum atomic E-state index is 11.4. The molecule has 5 atom stereocenters. The highest BCUT2D eigenvalue weighted by atomic mass is 35.5. The summed E-state index contributed by atoms with van der Waals surface area (Å²) in [6.07, 6.45) is 3.72. The van der Waals surface area contributed by atoms with Gasteiger partial charge in [0.1, 0.15) is 12.4 Å². The standard InChI is InChI=1S/C27H25ClN2O3/c28-23-4-2-1-3-19(23)15-33-21-10-7-16(8-11-21)27-26-18-6-5-17(13-18)25(26)22-14-20(30(31)32)9-12-24(22)29-27/h1-4,7-12,14,17-18,25-27,29H,5-6,13,15H2/t17-,18+,25+,26-,27-/m0/s1. The van der Waals surface area contributed by atoms with E-state index < -0.39 is 0 Å². The quantitative estimate of drug-likeness (QED) is 0.325. The van der Waals surface area contributed by atoms with Crippen LogP contribution in [0.15, 0.2) is 66.7 Å². The molecule has 3 aliphatic rings. The van der Waals surface area contributed by atoms with Crippen molar-refractivity contribution in [1.82, 2.24) is 0 Å². The lowest BCUT2D eigenvalue weighted by Gasteiger charge is -2.43. The molecule has 3 aromatic carbocycles. The molecule has 2 bridgehead atoms. The minimum atomic E-state index is -0.282. The first kappa shape index (κ1) is 20.5. The Bertz CT molecular complexity index is 1210. The lowest BCUT2D eigenvalue weighted by molar-refractivity contribution is -0.384. The number of rotatable bonds is 5. The van der Waals surface area contributed by atoms with Gasteiger partial charge < -0.3 is 10.1 Å². The number of nitrogens with one attached hydrogen (secondary N) is 1. The summed E-state index contributed by atoms with van der Waals surface area (Å²) in [7, 11) is 0. The van der Waals surface area contributed by atoms with Crippen LogP contribution in [0.5, 0.6) is 5.75 Å². The molecule has 0 aromatic heterocycles. The molecule has 5 nitrogen and oxygen atoms in total. The lowest BCUT2D eigenvalue weighted by atomic mass is 9.68. The summed E-state index contributed by atoms with van der Waals surface area (Å²) < 4.78 is 5.97. The van der Waals surface area contributed by atoms with E-state index in [-0.39, 0.29) is 16.7 Å². The Balaban J connectivity index is 1.27. The number of non-ortho nitro benzene ring substituents is 1. The Hall–Kier alpha value is -3.05. The number of halogens is 1. The lowest BCUT2D eigenvalue weighted by Crippen LogP contribution is -2.35. The molecule has 2 fully saturated rings. The number of nitrogens with zero attached hydrogens (tertiary/aromatic N) is 1. The minimum absolute atomic E-state index is 0.190. The molecular formula is C27H25ClN2O3. The van der Waals surface area contributed by atoms with Crippen LogP contribution >= 0.6 is 11.6 Å². The van der Waals surface area contributed by atoms with E-state index in [9.17, 15) is 10.1 Å². The molecule has 1 heterocycles.